The van der Waals surface area contributed by atoms with Crippen LogP contribution >= 0.6 is 11.6 Å². The second kappa shape index (κ2) is 5.08. The highest BCUT2D eigenvalue weighted by Crippen LogP contribution is 2.37. The van der Waals surface area contributed by atoms with E-state index in [0.717, 1.165) is 6.42 Å². The van der Waals surface area contributed by atoms with E-state index in [1.54, 1.807) is 0 Å². The Kier molecular flexibility index (Phi) is 4.25. The minimum absolute atomic E-state index is 0.0942. The maximum Gasteiger partial charge on any atom is 0.169 e. The molecule has 5 heteroatoms. The first-order valence-corrected chi connectivity index (χ1v) is 6.62. The number of benzene rings is 1. The molecule has 0 saturated carbocycles. The molecule has 0 radical (unpaired) electrons. The molecule has 0 heterocycles. The number of anilines is 3. The lowest BCUT2D eigenvalue weighted by molar-refractivity contribution is 0.302. The van der Waals surface area contributed by atoms with Crippen molar-refractivity contribution < 1.29 is 4.39 Å². The fourth-order valence-electron chi connectivity index (χ4n) is 2.50. The molecular formula is C14H23ClFN3. The van der Waals surface area contributed by atoms with Crippen molar-refractivity contribution in [3.8, 4) is 0 Å². The second-order valence-corrected chi connectivity index (χ2v) is 7.18. The molecule has 0 aliphatic carbocycles. The van der Waals surface area contributed by atoms with Gasteiger partial charge in [0.15, 0.2) is 5.82 Å². The van der Waals surface area contributed by atoms with Gasteiger partial charge >= 0.3 is 0 Å². The Morgan fingerprint density at radius 2 is 1.68 bits per heavy atom. The largest absolute Gasteiger partial charge is 0.397 e. The predicted octanol–water partition coefficient (Wildman–Crippen LogP) is 4.27. The molecule has 0 spiro atoms. The molecule has 5 N–H and O–H groups in total. The minimum atomic E-state index is -0.596. The number of rotatable bonds is 3. The Bertz CT molecular complexity index is 479. The molecule has 0 unspecified atom stereocenters. The van der Waals surface area contributed by atoms with Crippen molar-refractivity contribution >= 4 is 28.7 Å². The summed E-state index contributed by atoms with van der Waals surface area (Å²) in [6, 6.07) is 1.47. The summed E-state index contributed by atoms with van der Waals surface area (Å²) in [6.45, 7) is 10.4. The van der Waals surface area contributed by atoms with Crippen LogP contribution in [-0.4, -0.2) is 5.54 Å². The van der Waals surface area contributed by atoms with E-state index in [2.05, 4.69) is 26.1 Å². The first kappa shape index (κ1) is 15.9. The van der Waals surface area contributed by atoms with Crippen molar-refractivity contribution in [2.45, 2.75) is 46.6 Å². The van der Waals surface area contributed by atoms with Crippen molar-refractivity contribution in [2.24, 2.45) is 5.41 Å². The number of hydrogen-bond acceptors (Lipinski definition) is 3. The molecule has 0 amide bonds. The van der Waals surface area contributed by atoms with Crippen molar-refractivity contribution in [3.63, 3.8) is 0 Å². The van der Waals surface area contributed by atoms with Gasteiger partial charge in [0.25, 0.3) is 0 Å². The maximum atomic E-state index is 14.1. The van der Waals surface area contributed by atoms with E-state index in [0.29, 0.717) is 0 Å². The molecular weight excluding hydrogens is 265 g/mol. The molecule has 0 aliphatic rings. The molecule has 0 saturated heterocycles. The van der Waals surface area contributed by atoms with E-state index in [4.69, 9.17) is 23.1 Å². The lowest BCUT2D eigenvalue weighted by Gasteiger charge is -2.34. The number of nitrogen functional groups attached to an aromatic ring is 2. The molecule has 0 bridgehead atoms. The van der Waals surface area contributed by atoms with Crippen molar-refractivity contribution in [2.75, 3.05) is 16.8 Å². The molecule has 1 aromatic rings. The average molecular weight is 288 g/mol. The quantitative estimate of drug-likeness (QED) is 0.728. The highest BCUT2D eigenvalue weighted by molar-refractivity contribution is 6.33. The summed E-state index contributed by atoms with van der Waals surface area (Å²) in [4.78, 5) is 0. The zero-order valence-corrected chi connectivity index (χ0v) is 13.0. The van der Waals surface area contributed by atoms with E-state index in [9.17, 15) is 4.39 Å². The Labute approximate surface area is 119 Å². The van der Waals surface area contributed by atoms with Gasteiger partial charge in [-0.25, -0.2) is 4.39 Å². The Morgan fingerprint density at radius 3 is 2.16 bits per heavy atom. The van der Waals surface area contributed by atoms with E-state index in [1.807, 2.05) is 13.8 Å². The van der Waals surface area contributed by atoms with Crippen LogP contribution < -0.4 is 16.8 Å². The number of halogens is 2. The van der Waals surface area contributed by atoms with Gasteiger partial charge in [0.1, 0.15) is 5.02 Å². The van der Waals surface area contributed by atoms with Crippen LogP contribution in [-0.2, 0) is 0 Å². The standard InChI is InChI=1S/C14H23ClFN3/c1-13(2,3)7-14(4,5)19-12-9(18)6-8(17)10(15)11(12)16/h6,19H,7,17-18H2,1-5H3. The van der Waals surface area contributed by atoms with Gasteiger partial charge in [-0.2, -0.15) is 0 Å². The van der Waals surface area contributed by atoms with Gasteiger partial charge in [0.05, 0.1) is 17.1 Å². The molecule has 0 aromatic heterocycles. The smallest absolute Gasteiger partial charge is 0.169 e. The van der Waals surface area contributed by atoms with Gasteiger partial charge < -0.3 is 16.8 Å². The van der Waals surface area contributed by atoms with Crippen LogP contribution in [0.3, 0.4) is 0 Å². The minimum Gasteiger partial charge on any atom is -0.397 e. The van der Waals surface area contributed by atoms with Crippen LogP contribution in [0, 0.1) is 11.2 Å². The van der Waals surface area contributed by atoms with Crippen molar-refractivity contribution in [1.29, 1.82) is 0 Å². The third-order valence-corrected chi connectivity index (χ3v) is 3.09. The Balaban J connectivity index is 3.10. The van der Waals surface area contributed by atoms with Crippen molar-refractivity contribution in [3.05, 3.63) is 16.9 Å². The van der Waals surface area contributed by atoms with E-state index in [1.165, 1.54) is 6.07 Å². The fraction of sp³-hybridized carbons (Fsp3) is 0.571. The highest BCUT2D eigenvalue weighted by Gasteiger charge is 2.27. The molecule has 19 heavy (non-hydrogen) atoms. The van der Waals surface area contributed by atoms with Gasteiger partial charge in [-0.15, -0.1) is 0 Å². The summed E-state index contributed by atoms with van der Waals surface area (Å²) in [6.07, 6.45) is 0.848. The number of nitrogens with one attached hydrogen (secondary N) is 1. The van der Waals surface area contributed by atoms with Gasteiger partial charge in [0.2, 0.25) is 0 Å². The SMILES string of the molecule is CC(C)(C)CC(C)(C)Nc1c(N)cc(N)c(Cl)c1F. The predicted molar refractivity (Wildman–Crippen MR) is 82.0 cm³/mol. The molecule has 0 fully saturated rings. The lowest BCUT2D eigenvalue weighted by Crippen LogP contribution is -2.36. The Morgan fingerprint density at radius 1 is 1.16 bits per heavy atom. The summed E-state index contributed by atoms with van der Waals surface area (Å²) in [7, 11) is 0. The number of hydrogen-bond donors (Lipinski definition) is 3. The molecule has 3 nitrogen and oxygen atoms in total. The molecule has 1 aromatic carbocycles. The monoisotopic (exact) mass is 287 g/mol. The molecule has 108 valence electrons. The molecule has 0 aliphatic heterocycles. The molecule has 1 rings (SSSR count). The topological polar surface area (TPSA) is 64.1 Å². The zero-order chi connectivity index (χ0) is 15.0. The van der Waals surface area contributed by atoms with Crippen LogP contribution in [0.25, 0.3) is 0 Å². The van der Waals surface area contributed by atoms with E-state index in [-0.39, 0.29) is 33.0 Å². The summed E-state index contributed by atoms with van der Waals surface area (Å²) in [5, 5.41) is 3.05. The summed E-state index contributed by atoms with van der Waals surface area (Å²) in [5.41, 5.74) is 11.8. The Hall–Kier alpha value is -1.16. The van der Waals surface area contributed by atoms with Gasteiger partial charge in [0, 0.05) is 5.54 Å². The van der Waals surface area contributed by atoms with Gasteiger partial charge in [-0.3, -0.25) is 0 Å². The third kappa shape index (κ3) is 4.16. The first-order chi connectivity index (χ1) is 8.43. The summed E-state index contributed by atoms with van der Waals surface area (Å²) < 4.78 is 14.1. The maximum absolute atomic E-state index is 14.1. The van der Waals surface area contributed by atoms with Crippen LogP contribution in [0.15, 0.2) is 6.07 Å². The van der Waals surface area contributed by atoms with Gasteiger partial charge in [-0.05, 0) is 31.7 Å². The third-order valence-electron chi connectivity index (χ3n) is 2.70. The first-order valence-electron chi connectivity index (χ1n) is 6.24. The van der Waals surface area contributed by atoms with Gasteiger partial charge in [-0.1, -0.05) is 32.4 Å². The lowest BCUT2D eigenvalue weighted by atomic mass is 9.81. The van der Waals surface area contributed by atoms with Crippen molar-refractivity contribution in [1.82, 2.24) is 0 Å². The average Bonchev–Trinajstić information content (AvgIpc) is 2.18. The van der Waals surface area contributed by atoms with Crippen LogP contribution in [0.4, 0.5) is 21.5 Å². The fourth-order valence-corrected chi connectivity index (χ4v) is 2.65. The van der Waals surface area contributed by atoms with E-state index < -0.39 is 5.82 Å². The number of nitrogens with two attached hydrogens (primary N) is 2. The van der Waals surface area contributed by atoms with E-state index >= 15 is 0 Å². The van der Waals surface area contributed by atoms with Crippen LogP contribution in [0.2, 0.25) is 5.02 Å². The van der Waals surface area contributed by atoms with Crippen LogP contribution in [0.5, 0.6) is 0 Å². The zero-order valence-electron chi connectivity index (χ0n) is 12.2. The summed E-state index contributed by atoms with van der Waals surface area (Å²) in [5.74, 6) is -0.596. The molecule has 0 atom stereocenters. The normalized spacial score (nSPS) is 12.6. The second-order valence-electron chi connectivity index (χ2n) is 6.80. The summed E-state index contributed by atoms with van der Waals surface area (Å²) >= 11 is 5.82. The highest BCUT2D eigenvalue weighted by atomic mass is 35.5. The van der Waals surface area contributed by atoms with Crippen LogP contribution in [0.1, 0.15) is 41.0 Å².